The number of carbonyl (C=O) groups excluding carboxylic acids is 1. The SMILES string of the molecule is COC(=O)c1nccc(NC(C)c2ccc(C)o2)n1. The lowest BCUT2D eigenvalue weighted by Gasteiger charge is -2.12. The maximum atomic E-state index is 11.3. The third-order valence-electron chi connectivity index (χ3n) is 2.58. The highest BCUT2D eigenvalue weighted by Gasteiger charge is 2.13. The maximum Gasteiger partial charge on any atom is 0.376 e. The molecule has 1 unspecified atom stereocenters. The average Bonchev–Trinajstić information content (AvgIpc) is 2.85. The first-order valence-corrected chi connectivity index (χ1v) is 5.84. The standard InChI is InChI=1S/C13H15N3O3/c1-8-4-5-10(19-8)9(2)15-11-6-7-14-12(16-11)13(17)18-3/h4-7,9H,1-3H3,(H,14,15,16). The summed E-state index contributed by atoms with van der Waals surface area (Å²) in [6, 6.07) is 5.41. The van der Waals surface area contributed by atoms with Gasteiger partial charge in [0.15, 0.2) is 0 Å². The number of carbonyl (C=O) groups is 1. The molecule has 0 saturated heterocycles. The fraction of sp³-hybridized carbons (Fsp3) is 0.308. The zero-order valence-corrected chi connectivity index (χ0v) is 11.0. The molecule has 0 aliphatic heterocycles. The number of aryl methyl sites for hydroxylation is 1. The third kappa shape index (κ3) is 3.09. The van der Waals surface area contributed by atoms with Gasteiger partial charge in [0.25, 0.3) is 0 Å². The van der Waals surface area contributed by atoms with Crippen molar-refractivity contribution < 1.29 is 13.9 Å². The molecule has 6 nitrogen and oxygen atoms in total. The van der Waals surface area contributed by atoms with Gasteiger partial charge in [0.1, 0.15) is 17.3 Å². The van der Waals surface area contributed by atoms with E-state index in [4.69, 9.17) is 4.42 Å². The van der Waals surface area contributed by atoms with Gasteiger partial charge in [0.2, 0.25) is 5.82 Å². The van der Waals surface area contributed by atoms with E-state index in [1.165, 1.54) is 13.3 Å². The Hall–Kier alpha value is -2.37. The van der Waals surface area contributed by atoms with Gasteiger partial charge in [0.05, 0.1) is 13.2 Å². The molecule has 19 heavy (non-hydrogen) atoms. The van der Waals surface area contributed by atoms with E-state index in [1.807, 2.05) is 26.0 Å². The Morgan fingerprint density at radius 3 is 2.84 bits per heavy atom. The summed E-state index contributed by atoms with van der Waals surface area (Å²) in [7, 11) is 1.29. The lowest BCUT2D eigenvalue weighted by atomic mass is 10.2. The Labute approximate surface area is 110 Å². The summed E-state index contributed by atoms with van der Waals surface area (Å²) in [5.74, 6) is 1.65. The van der Waals surface area contributed by atoms with Crippen LogP contribution in [-0.4, -0.2) is 23.0 Å². The number of hydrogen-bond donors (Lipinski definition) is 1. The summed E-state index contributed by atoms with van der Waals surface area (Å²) < 4.78 is 10.1. The summed E-state index contributed by atoms with van der Waals surface area (Å²) >= 11 is 0. The Balaban J connectivity index is 2.12. The summed E-state index contributed by atoms with van der Waals surface area (Å²) in [5, 5.41) is 3.14. The van der Waals surface area contributed by atoms with E-state index >= 15 is 0 Å². The molecule has 2 rings (SSSR count). The number of methoxy groups -OCH3 is 1. The van der Waals surface area contributed by atoms with Gasteiger partial charge in [0, 0.05) is 6.20 Å². The van der Waals surface area contributed by atoms with Gasteiger partial charge in [-0.15, -0.1) is 0 Å². The van der Waals surface area contributed by atoms with Crippen molar-refractivity contribution in [2.45, 2.75) is 19.9 Å². The van der Waals surface area contributed by atoms with Gasteiger partial charge in [-0.1, -0.05) is 0 Å². The van der Waals surface area contributed by atoms with Crippen LogP contribution in [0, 0.1) is 6.92 Å². The van der Waals surface area contributed by atoms with Gasteiger partial charge in [-0.05, 0) is 32.0 Å². The largest absolute Gasteiger partial charge is 0.464 e. The molecule has 0 aliphatic rings. The van der Waals surface area contributed by atoms with Gasteiger partial charge in [-0.25, -0.2) is 14.8 Å². The van der Waals surface area contributed by atoms with E-state index in [0.29, 0.717) is 5.82 Å². The first-order valence-electron chi connectivity index (χ1n) is 5.84. The van der Waals surface area contributed by atoms with E-state index in [2.05, 4.69) is 20.0 Å². The predicted octanol–water partition coefficient (Wildman–Crippen LogP) is 2.34. The summed E-state index contributed by atoms with van der Waals surface area (Å²) in [6.07, 6.45) is 1.50. The van der Waals surface area contributed by atoms with Crippen molar-refractivity contribution >= 4 is 11.8 Å². The van der Waals surface area contributed by atoms with E-state index in [0.717, 1.165) is 11.5 Å². The second kappa shape index (κ2) is 5.51. The van der Waals surface area contributed by atoms with Crippen molar-refractivity contribution in [2.75, 3.05) is 12.4 Å². The van der Waals surface area contributed by atoms with Crippen molar-refractivity contribution in [1.29, 1.82) is 0 Å². The van der Waals surface area contributed by atoms with Crippen LogP contribution in [0.25, 0.3) is 0 Å². The number of furan rings is 1. The smallest absolute Gasteiger partial charge is 0.376 e. The predicted molar refractivity (Wildman–Crippen MR) is 68.9 cm³/mol. The minimum Gasteiger partial charge on any atom is -0.464 e. The van der Waals surface area contributed by atoms with E-state index in [1.54, 1.807) is 6.07 Å². The van der Waals surface area contributed by atoms with Crippen LogP contribution >= 0.6 is 0 Å². The maximum absolute atomic E-state index is 11.3. The minimum absolute atomic E-state index is 0.0234. The number of ether oxygens (including phenoxy) is 1. The first-order chi connectivity index (χ1) is 9.10. The van der Waals surface area contributed by atoms with E-state index < -0.39 is 5.97 Å². The van der Waals surface area contributed by atoms with Gasteiger partial charge >= 0.3 is 5.97 Å². The molecule has 2 aromatic rings. The monoisotopic (exact) mass is 261 g/mol. The fourth-order valence-corrected chi connectivity index (χ4v) is 1.61. The lowest BCUT2D eigenvalue weighted by Crippen LogP contribution is -2.12. The molecule has 2 aromatic heterocycles. The van der Waals surface area contributed by atoms with Crippen LogP contribution < -0.4 is 5.32 Å². The zero-order chi connectivity index (χ0) is 13.8. The Morgan fingerprint density at radius 1 is 1.42 bits per heavy atom. The summed E-state index contributed by atoms with van der Waals surface area (Å²) in [6.45, 7) is 3.83. The lowest BCUT2D eigenvalue weighted by molar-refractivity contribution is 0.0587. The topological polar surface area (TPSA) is 77.2 Å². The molecule has 1 N–H and O–H groups in total. The van der Waals surface area contributed by atoms with Crippen molar-refractivity contribution in [3.05, 3.63) is 41.7 Å². The Morgan fingerprint density at radius 2 is 2.21 bits per heavy atom. The molecule has 0 spiro atoms. The molecule has 0 radical (unpaired) electrons. The number of rotatable bonds is 4. The van der Waals surface area contributed by atoms with Crippen molar-refractivity contribution in [3.8, 4) is 0 Å². The molecule has 100 valence electrons. The molecule has 0 bridgehead atoms. The normalized spacial score (nSPS) is 11.9. The van der Waals surface area contributed by atoms with Crippen LogP contribution in [0.2, 0.25) is 0 Å². The zero-order valence-electron chi connectivity index (χ0n) is 11.0. The van der Waals surface area contributed by atoms with Gasteiger partial charge in [-0.3, -0.25) is 0 Å². The summed E-state index contributed by atoms with van der Waals surface area (Å²) in [5.41, 5.74) is 0. The number of nitrogens with zero attached hydrogens (tertiary/aromatic N) is 2. The van der Waals surface area contributed by atoms with Crippen LogP contribution in [0.4, 0.5) is 5.82 Å². The molecule has 0 amide bonds. The number of aromatic nitrogens is 2. The van der Waals surface area contributed by atoms with E-state index in [9.17, 15) is 4.79 Å². The third-order valence-corrected chi connectivity index (χ3v) is 2.58. The Bertz CT molecular complexity index is 580. The number of esters is 1. The molecule has 1 atom stereocenters. The van der Waals surface area contributed by atoms with E-state index in [-0.39, 0.29) is 11.9 Å². The molecule has 6 heteroatoms. The molecule has 0 aliphatic carbocycles. The highest BCUT2D eigenvalue weighted by atomic mass is 16.5. The number of anilines is 1. The minimum atomic E-state index is -0.565. The molecular weight excluding hydrogens is 246 g/mol. The number of hydrogen-bond acceptors (Lipinski definition) is 6. The molecule has 0 saturated carbocycles. The summed E-state index contributed by atoms with van der Waals surface area (Å²) in [4.78, 5) is 19.3. The second-order valence-electron chi connectivity index (χ2n) is 4.07. The molecule has 0 aromatic carbocycles. The highest BCUT2D eigenvalue weighted by molar-refractivity contribution is 5.85. The highest BCUT2D eigenvalue weighted by Crippen LogP contribution is 2.19. The number of nitrogens with one attached hydrogen (secondary N) is 1. The van der Waals surface area contributed by atoms with Crippen LogP contribution in [0.15, 0.2) is 28.8 Å². The van der Waals surface area contributed by atoms with Gasteiger partial charge in [-0.2, -0.15) is 0 Å². The van der Waals surface area contributed by atoms with Gasteiger partial charge < -0.3 is 14.5 Å². The molecule has 2 heterocycles. The van der Waals surface area contributed by atoms with Crippen molar-refractivity contribution in [1.82, 2.24) is 9.97 Å². The van der Waals surface area contributed by atoms with Crippen LogP contribution in [-0.2, 0) is 4.74 Å². The quantitative estimate of drug-likeness (QED) is 0.851. The first kappa shape index (κ1) is 13.1. The van der Waals surface area contributed by atoms with Crippen LogP contribution in [0.5, 0.6) is 0 Å². The van der Waals surface area contributed by atoms with Crippen molar-refractivity contribution in [2.24, 2.45) is 0 Å². The van der Waals surface area contributed by atoms with Crippen LogP contribution in [0.1, 0.15) is 35.1 Å². The Kier molecular flexibility index (Phi) is 3.79. The average molecular weight is 261 g/mol. The van der Waals surface area contributed by atoms with Crippen molar-refractivity contribution in [3.63, 3.8) is 0 Å². The van der Waals surface area contributed by atoms with Crippen LogP contribution in [0.3, 0.4) is 0 Å². The molecular formula is C13H15N3O3. The fourth-order valence-electron chi connectivity index (χ4n) is 1.61. The second-order valence-corrected chi connectivity index (χ2v) is 4.07. The molecule has 0 fully saturated rings.